The normalized spacial score (nSPS) is 11.0. The fourth-order valence-corrected chi connectivity index (χ4v) is 3.13. The molecule has 0 radical (unpaired) electrons. The van der Waals surface area contributed by atoms with Crippen LogP contribution in [0.5, 0.6) is 0 Å². The molecule has 0 aromatic carbocycles. The molecule has 0 atom stereocenters. The van der Waals surface area contributed by atoms with Gasteiger partial charge in [-0.1, -0.05) is 20.8 Å². The van der Waals surface area contributed by atoms with Gasteiger partial charge in [-0.2, -0.15) is 11.3 Å². The van der Waals surface area contributed by atoms with E-state index in [2.05, 4.69) is 42.9 Å². The first-order valence-electron chi connectivity index (χ1n) is 7.92. The van der Waals surface area contributed by atoms with Crippen molar-refractivity contribution in [1.82, 2.24) is 15.3 Å². The number of hydrogen-bond acceptors (Lipinski definition) is 4. The lowest BCUT2D eigenvalue weighted by Crippen LogP contribution is -2.20. The second-order valence-electron chi connectivity index (χ2n) is 5.14. The first-order valence-corrected chi connectivity index (χ1v) is 8.86. The lowest BCUT2D eigenvalue weighted by Gasteiger charge is -2.14. The largest absolute Gasteiger partial charge is 0.316 e. The maximum atomic E-state index is 4.81. The second-order valence-corrected chi connectivity index (χ2v) is 5.92. The first kappa shape index (κ1) is 16.1. The smallest absolute Gasteiger partial charge is 0.160 e. The van der Waals surface area contributed by atoms with Gasteiger partial charge in [-0.15, -0.1) is 0 Å². The monoisotopic (exact) mass is 303 g/mol. The molecular formula is C17H25N3S. The molecule has 0 aliphatic heterocycles. The summed E-state index contributed by atoms with van der Waals surface area (Å²) >= 11 is 1.69. The first-order chi connectivity index (χ1) is 10.3. The number of nitrogens with one attached hydrogen (secondary N) is 1. The van der Waals surface area contributed by atoms with E-state index in [1.807, 2.05) is 0 Å². The van der Waals surface area contributed by atoms with Crippen LogP contribution < -0.4 is 5.32 Å². The van der Waals surface area contributed by atoms with Crippen molar-refractivity contribution in [3.63, 3.8) is 0 Å². The third-order valence-electron chi connectivity index (χ3n) is 3.61. The van der Waals surface area contributed by atoms with Crippen molar-refractivity contribution in [2.45, 2.75) is 46.5 Å². The van der Waals surface area contributed by atoms with Crippen LogP contribution in [0.3, 0.4) is 0 Å². The molecule has 0 aliphatic rings. The standard InChI is InChI=1S/C17H25N3S/c1-4-9-18-10-7-14-15(5-2)19-17(20-16(14)6-3)13-8-11-21-12-13/h8,11-12,18H,4-7,9-10H2,1-3H3. The van der Waals surface area contributed by atoms with E-state index in [0.29, 0.717) is 0 Å². The number of rotatable bonds is 8. The van der Waals surface area contributed by atoms with Crippen LogP contribution in [0.1, 0.15) is 44.1 Å². The van der Waals surface area contributed by atoms with Crippen LogP contribution in [0.4, 0.5) is 0 Å². The van der Waals surface area contributed by atoms with E-state index < -0.39 is 0 Å². The Hall–Kier alpha value is -1.26. The van der Waals surface area contributed by atoms with E-state index in [1.165, 1.54) is 23.4 Å². The van der Waals surface area contributed by atoms with E-state index in [-0.39, 0.29) is 0 Å². The van der Waals surface area contributed by atoms with Crippen molar-refractivity contribution in [1.29, 1.82) is 0 Å². The molecule has 0 aliphatic carbocycles. The number of hydrogen-bond donors (Lipinski definition) is 1. The Bertz CT molecular complexity index is 524. The van der Waals surface area contributed by atoms with Crippen molar-refractivity contribution in [3.05, 3.63) is 33.8 Å². The van der Waals surface area contributed by atoms with Gasteiger partial charge in [0.25, 0.3) is 0 Å². The minimum absolute atomic E-state index is 0.884. The molecule has 2 heterocycles. The van der Waals surface area contributed by atoms with Crippen LogP contribution in [0.25, 0.3) is 11.4 Å². The summed E-state index contributed by atoms with van der Waals surface area (Å²) in [6.45, 7) is 8.65. The average molecular weight is 303 g/mol. The van der Waals surface area contributed by atoms with Crippen LogP contribution >= 0.6 is 11.3 Å². The molecule has 21 heavy (non-hydrogen) atoms. The zero-order valence-electron chi connectivity index (χ0n) is 13.3. The maximum absolute atomic E-state index is 4.81. The SMILES string of the molecule is CCCNCCc1c(CC)nc(-c2ccsc2)nc1CC. The highest BCUT2D eigenvalue weighted by Gasteiger charge is 2.13. The van der Waals surface area contributed by atoms with Crippen LogP contribution in [0.15, 0.2) is 16.8 Å². The lowest BCUT2D eigenvalue weighted by atomic mass is 10.0. The minimum atomic E-state index is 0.884. The van der Waals surface area contributed by atoms with E-state index in [1.54, 1.807) is 11.3 Å². The molecule has 2 rings (SSSR count). The Morgan fingerprint density at radius 3 is 2.29 bits per heavy atom. The molecule has 2 aromatic rings. The Balaban J connectivity index is 2.26. The number of thiophene rings is 1. The lowest BCUT2D eigenvalue weighted by molar-refractivity contribution is 0.663. The van der Waals surface area contributed by atoms with Gasteiger partial charge in [0, 0.05) is 22.3 Å². The summed E-state index contributed by atoms with van der Waals surface area (Å²) in [5, 5.41) is 7.68. The van der Waals surface area contributed by atoms with Gasteiger partial charge in [0.15, 0.2) is 5.82 Å². The molecule has 0 saturated carbocycles. The molecule has 4 heteroatoms. The summed E-state index contributed by atoms with van der Waals surface area (Å²) in [4.78, 5) is 9.62. The maximum Gasteiger partial charge on any atom is 0.160 e. The number of nitrogens with zero attached hydrogens (tertiary/aromatic N) is 2. The minimum Gasteiger partial charge on any atom is -0.316 e. The van der Waals surface area contributed by atoms with Crippen molar-refractivity contribution in [2.24, 2.45) is 0 Å². The van der Waals surface area contributed by atoms with Crippen LogP contribution in [-0.2, 0) is 19.3 Å². The van der Waals surface area contributed by atoms with Crippen molar-refractivity contribution >= 4 is 11.3 Å². The zero-order chi connectivity index (χ0) is 15.1. The topological polar surface area (TPSA) is 37.8 Å². The van der Waals surface area contributed by atoms with E-state index in [9.17, 15) is 0 Å². The molecule has 0 fully saturated rings. The summed E-state index contributed by atoms with van der Waals surface area (Å²) in [5.41, 5.74) is 4.91. The van der Waals surface area contributed by atoms with Crippen molar-refractivity contribution in [3.8, 4) is 11.4 Å². The van der Waals surface area contributed by atoms with Crippen LogP contribution in [0.2, 0.25) is 0 Å². The second kappa shape index (κ2) is 8.25. The summed E-state index contributed by atoms with van der Waals surface area (Å²) in [6.07, 6.45) is 4.14. The predicted molar refractivity (Wildman–Crippen MR) is 91.0 cm³/mol. The Morgan fingerprint density at radius 2 is 1.76 bits per heavy atom. The quantitative estimate of drug-likeness (QED) is 0.752. The van der Waals surface area contributed by atoms with Crippen molar-refractivity contribution in [2.75, 3.05) is 13.1 Å². The highest BCUT2D eigenvalue weighted by atomic mass is 32.1. The van der Waals surface area contributed by atoms with Crippen LogP contribution in [0, 0.1) is 0 Å². The fraction of sp³-hybridized carbons (Fsp3) is 0.529. The summed E-state index contributed by atoms with van der Waals surface area (Å²) in [7, 11) is 0. The molecule has 114 valence electrons. The molecule has 0 spiro atoms. The average Bonchev–Trinajstić information content (AvgIpc) is 3.05. The highest BCUT2D eigenvalue weighted by molar-refractivity contribution is 7.08. The van der Waals surface area contributed by atoms with Gasteiger partial charge in [-0.05, 0) is 55.8 Å². The summed E-state index contributed by atoms with van der Waals surface area (Å²) in [6, 6.07) is 2.10. The summed E-state index contributed by atoms with van der Waals surface area (Å²) in [5.74, 6) is 0.884. The van der Waals surface area contributed by atoms with E-state index in [0.717, 1.165) is 43.7 Å². The molecule has 0 amide bonds. The molecule has 3 nitrogen and oxygen atoms in total. The van der Waals surface area contributed by atoms with Gasteiger partial charge in [-0.25, -0.2) is 9.97 Å². The van der Waals surface area contributed by atoms with Gasteiger partial charge < -0.3 is 5.32 Å². The molecular weight excluding hydrogens is 278 g/mol. The van der Waals surface area contributed by atoms with Gasteiger partial charge in [0.05, 0.1) is 0 Å². The van der Waals surface area contributed by atoms with Gasteiger partial charge in [0.1, 0.15) is 0 Å². The zero-order valence-corrected chi connectivity index (χ0v) is 14.1. The third kappa shape index (κ3) is 4.11. The van der Waals surface area contributed by atoms with E-state index in [4.69, 9.17) is 9.97 Å². The van der Waals surface area contributed by atoms with Gasteiger partial charge in [-0.3, -0.25) is 0 Å². The van der Waals surface area contributed by atoms with E-state index >= 15 is 0 Å². The Morgan fingerprint density at radius 1 is 1.05 bits per heavy atom. The Kier molecular flexibility index (Phi) is 6.33. The fourth-order valence-electron chi connectivity index (χ4n) is 2.49. The third-order valence-corrected chi connectivity index (χ3v) is 4.29. The molecule has 0 bridgehead atoms. The predicted octanol–water partition coefficient (Wildman–Crippen LogP) is 3.87. The highest BCUT2D eigenvalue weighted by Crippen LogP contribution is 2.22. The van der Waals surface area contributed by atoms with Gasteiger partial charge >= 0.3 is 0 Å². The molecule has 1 N–H and O–H groups in total. The molecule has 0 unspecified atom stereocenters. The Labute approximate surface area is 131 Å². The number of aromatic nitrogens is 2. The molecule has 2 aromatic heterocycles. The van der Waals surface area contributed by atoms with Gasteiger partial charge in [0.2, 0.25) is 0 Å². The van der Waals surface area contributed by atoms with Crippen LogP contribution in [-0.4, -0.2) is 23.1 Å². The van der Waals surface area contributed by atoms with Crippen molar-refractivity contribution < 1.29 is 0 Å². The molecule has 0 saturated heterocycles. The number of aryl methyl sites for hydroxylation is 2. The summed E-state index contributed by atoms with van der Waals surface area (Å²) < 4.78 is 0.